The third-order valence-corrected chi connectivity index (χ3v) is 3.81. The van der Waals surface area contributed by atoms with Crippen LogP contribution in [0, 0.1) is 5.92 Å². The van der Waals surface area contributed by atoms with E-state index in [2.05, 4.69) is 33.8 Å². The Kier molecular flexibility index (Phi) is 3.08. The molecule has 0 amide bonds. The molecule has 0 N–H and O–H groups in total. The number of rotatable bonds is 2. The summed E-state index contributed by atoms with van der Waals surface area (Å²) in [6, 6.07) is 7.95. The van der Waals surface area contributed by atoms with Crippen molar-refractivity contribution in [2.24, 2.45) is 5.92 Å². The average molecular weight is 262 g/mol. The summed E-state index contributed by atoms with van der Waals surface area (Å²) in [4.78, 5) is 0. The van der Waals surface area contributed by atoms with Gasteiger partial charge in [-0.2, -0.15) is 0 Å². The fraction of sp³-hybridized carbons (Fsp3) is 0.429. The second-order valence-electron chi connectivity index (χ2n) is 5.09. The third-order valence-electron chi connectivity index (χ3n) is 3.56. The first kappa shape index (κ1) is 11.7. The van der Waals surface area contributed by atoms with Crippen molar-refractivity contribution in [2.75, 3.05) is 0 Å². The summed E-state index contributed by atoms with van der Waals surface area (Å²) in [5, 5.41) is 9.41. The molecule has 1 aliphatic heterocycles. The highest BCUT2D eigenvalue weighted by molar-refractivity contribution is 6.30. The summed E-state index contributed by atoms with van der Waals surface area (Å²) in [6.45, 7) is 3.32. The molecule has 94 valence electrons. The Bertz CT molecular complexity index is 545. The molecule has 1 atom stereocenters. The van der Waals surface area contributed by atoms with Crippen molar-refractivity contribution in [3.8, 4) is 0 Å². The molecule has 0 saturated heterocycles. The Morgan fingerprint density at radius 3 is 2.83 bits per heavy atom. The van der Waals surface area contributed by atoms with Crippen LogP contribution in [0.5, 0.6) is 0 Å². The van der Waals surface area contributed by atoms with Crippen LogP contribution in [0.1, 0.15) is 30.6 Å². The van der Waals surface area contributed by atoms with Crippen LogP contribution in [0.25, 0.3) is 0 Å². The lowest BCUT2D eigenvalue weighted by Gasteiger charge is -2.20. The maximum atomic E-state index is 5.89. The molecule has 3 rings (SSSR count). The number of hydrogen-bond donors (Lipinski definition) is 0. The fourth-order valence-corrected chi connectivity index (χ4v) is 2.59. The zero-order chi connectivity index (χ0) is 12.5. The molecule has 0 saturated carbocycles. The molecule has 0 radical (unpaired) electrons. The Hall–Kier alpha value is -1.35. The molecule has 1 aromatic carbocycles. The van der Waals surface area contributed by atoms with Crippen LogP contribution in [0.4, 0.5) is 0 Å². The first-order valence-electron chi connectivity index (χ1n) is 6.38. The zero-order valence-corrected chi connectivity index (χ0v) is 11.2. The van der Waals surface area contributed by atoms with Crippen molar-refractivity contribution >= 4 is 11.6 Å². The molecule has 2 heterocycles. The van der Waals surface area contributed by atoms with Crippen molar-refractivity contribution in [2.45, 2.75) is 32.7 Å². The minimum Gasteiger partial charge on any atom is -0.315 e. The van der Waals surface area contributed by atoms with Crippen molar-refractivity contribution in [3.05, 3.63) is 46.5 Å². The number of benzene rings is 1. The second-order valence-corrected chi connectivity index (χ2v) is 5.52. The van der Waals surface area contributed by atoms with Crippen LogP contribution in [0.2, 0.25) is 5.02 Å². The van der Waals surface area contributed by atoms with Crippen LogP contribution < -0.4 is 0 Å². The van der Waals surface area contributed by atoms with Crippen LogP contribution in [-0.4, -0.2) is 14.8 Å². The van der Waals surface area contributed by atoms with Gasteiger partial charge in [0.05, 0.1) is 0 Å². The minimum absolute atomic E-state index is 0.727. The van der Waals surface area contributed by atoms with Gasteiger partial charge in [0.15, 0.2) is 0 Å². The van der Waals surface area contributed by atoms with E-state index >= 15 is 0 Å². The summed E-state index contributed by atoms with van der Waals surface area (Å²) < 4.78 is 2.27. The molecule has 1 aliphatic rings. The fourth-order valence-electron chi connectivity index (χ4n) is 2.46. The van der Waals surface area contributed by atoms with Crippen LogP contribution in [0.15, 0.2) is 24.3 Å². The van der Waals surface area contributed by atoms with E-state index in [0.717, 1.165) is 42.0 Å². The number of halogens is 1. The van der Waals surface area contributed by atoms with Gasteiger partial charge < -0.3 is 4.57 Å². The summed E-state index contributed by atoms with van der Waals surface area (Å²) in [7, 11) is 0. The first-order valence-corrected chi connectivity index (χ1v) is 6.75. The van der Waals surface area contributed by atoms with Gasteiger partial charge in [0.2, 0.25) is 0 Å². The quantitative estimate of drug-likeness (QED) is 0.832. The molecule has 2 aromatic rings. The van der Waals surface area contributed by atoms with E-state index in [1.165, 1.54) is 12.0 Å². The normalized spacial score (nSPS) is 18.7. The van der Waals surface area contributed by atoms with E-state index in [9.17, 15) is 0 Å². The summed E-state index contributed by atoms with van der Waals surface area (Å²) in [5.41, 5.74) is 1.23. The Morgan fingerprint density at radius 1 is 1.28 bits per heavy atom. The van der Waals surface area contributed by atoms with Gasteiger partial charge in [0.1, 0.15) is 11.6 Å². The van der Waals surface area contributed by atoms with Gasteiger partial charge >= 0.3 is 0 Å². The van der Waals surface area contributed by atoms with Crippen molar-refractivity contribution in [3.63, 3.8) is 0 Å². The van der Waals surface area contributed by atoms with Gasteiger partial charge in [-0.25, -0.2) is 0 Å². The van der Waals surface area contributed by atoms with Crippen LogP contribution in [0.3, 0.4) is 0 Å². The maximum Gasteiger partial charge on any atom is 0.137 e. The Morgan fingerprint density at radius 2 is 2.06 bits per heavy atom. The lowest BCUT2D eigenvalue weighted by atomic mass is 10.00. The van der Waals surface area contributed by atoms with Gasteiger partial charge in [0, 0.05) is 24.4 Å². The van der Waals surface area contributed by atoms with Gasteiger partial charge in [-0.05, 0) is 30.0 Å². The molecule has 18 heavy (non-hydrogen) atoms. The molecule has 0 aliphatic carbocycles. The number of aromatic nitrogens is 3. The lowest BCUT2D eigenvalue weighted by Crippen LogP contribution is -2.19. The van der Waals surface area contributed by atoms with Crippen LogP contribution in [-0.2, 0) is 19.4 Å². The predicted octanol–water partition coefficient (Wildman–Crippen LogP) is 3.10. The largest absolute Gasteiger partial charge is 0.315 e. The zero-order valence-electron chi connectivity index (χ0n) is 10.4. The highest BCUT2D eigenvalue weighted by atomic mass is 35.5. The molecule has 4 heteroatoms. The molecule has 1 aromatic heterocycles. The third kappa shape index (κ3) is 2.27. The molecular weight excluding hydrogens is 246 g/mol. The van der Waals surface area contributed by atoms with E-state index in [1.54, 1.807) is 0 Å². The molecular formula is C14H16ClN3. The summed E-state index contributed by atoms with van der Waals surface area (Å²) >= 11 is 5.89. The monoisotopic (exact) mass is 261 g/mol. The molecule has 0 spiro atoms. The molecule has 0 fully saturated rings. The topological polar surface area (TPSA) is 30.7 Å². The van der Waals surface area contributed by atoms with Gasteiger partial charge in [-0.1, -0.05) is 30.7 Å². The van der Waals surface area contributed by atoms with Crippen molar-refractivity contribution in [1.29, 1.82) is 0 Å². The van der Waals surface area contributed by atoms with E-state index in [1.807, 2.05) is 12.1 Å². The SMILES string of the molecule is CC1CCn2c(Cc3ccc(Cl)cc3)nnc2C1. The van der Waals surface area contributed by atoms with Crippen LogP contribution >= 0.6 is 11.6 Å². The molecule has 0 bridgehead atoms. The highest BCUT2D eigenvalue weighted by Crippen LogP contribution is 2.21. The van der Waals surface area contributed by atoms with E-state index < -0.39 is 0 Å². The standard InChI is InChI=1S/C14H16ClN3/c1-10-6-7-18-13(8-10)16-17-14(18)9-11-2-4-12(15)5-3-11/h2-5,10H,6-9H2,1H3. The highest BCUT2D eigenvalue weighted by Gasteiger charge is 2.19. The van der Waals surface area contributed by atoms with Crippen molar-refractivity contribution < 1.29 is 0 Å². The summed E-state index contributed by atoms with van der Waals surface area (Å²) in [6.07, 6.45) is 3.10. The second kappa shape index (κ2) is 4.73. The molecule has 1 unspecified atom stereocenters. The first-order chi connectivity index (χ1) is 8.72. The lowest BCUT2D eigenvalue weighted by molar-refractivity contribution is 0.404. The van der Waals surface area contributed by atoms with Crippen molar-refractivity contribution in [1.82, 2.24) is 14.8 Å². The number of hydrogen-bond acceptors (Lipinski definition) is 2. The Labute approximate surface area is 112 Å². The average Bonchev–Trinajstić information content (AvgIpc) is 2.74. The number of nitrogens with zero attached hydrogens (tertiary/aromatic N) is 3. The van der Waals surface area contributed by atoms with Gasteiger partial charge in [-0.15, -0.1) is 10.2 Å². The smallest absolute Gasteiger partial charge is 0.137 e. The predicted molar refractivity (Wildman–Crippen MR) is 71.8 cm³/mol. The summed E-state index contributed by atoms with van der Waals surface area (Å²) in [5.74, 6) is 2.93. The minimum atomic E-state index is 0.727. The van der Waals surface area contributed by atoms with E-state index in [4.69, 9.17) is 11.6 Å². The molecule has 3 nitrogen and oxygen atoms in total. The van der Waals surface area contributed by atoms with Gasteiger partial charge in [0.25, 0.3) is 0 Å². The van der Waals surface area contributed by atoms with Gasteiger partial charge in [-0.3, -0.25) is 0 Å². The van der Waals surface area contributed by atoms with E-state index in [-0.39, 0.29) is 0 Å². The maximum absolute atomic E-state index is 5.89. The van der Waals surface area contributed by atoms with E-state index in [0.29, 0.717) is 0 Å². The Balaban J connectivity index is 1.83. The number of fused-ring (bicyclic) bond motifs is 1.